The third-order valence-electron chi connectivity index (χ3n) is 6.70. The molecule has 1 aliphatic heterocycles. The Bertz CT molecular complexity index is 1410. The van der Waals surface area contributed by atoms with E-state index in [9.17, 15) is 18.0 Å². The Hall–Kier alpha value is -3.45. The normalized spacial score (nSPS) is 20.5. The van der Waals surface area contributed by atoms with Crippen LogP contribution in [0.2, 0.25) is 0 Å². The maximum Gasteiger partial charge on any atom is 0.417 e. The Labute approximate surface area is 234 Å². The van der Waals surface area contributed by atoms with Gasteiger partial charge in [-0.25, -0.2) is 9.37 Å². The fourth-order valence-corrected chi connectivity index (χ4v) is 4.99. The van der Waals surface area contributed by atoms with Gasteiger partial charge in [0, 0.05) is 41.3 Å². The number of anilines is 1. The third-order valence-corrected chi connectivity index (χ3v) is 7.15. The summed E-state index contributed by atoms with van der Waals surface area (Å²) in [7, 11) is 1.90. The zero-order chi connectivity index (χ0) is 29.0. The average molecular weight is 578 g/mol. The van der Waals surface area contributed by atoms with E-state index < -0.39 is 35.1 Å². The molecular weight excluding hydrogens is 546 g/mol. The number of aryl methyl sites for hydroxylation is 1. The number of likely N-dealkylation sites (tertiary alicyclic amines) is 1. The molecule has 8 nitrogen and oxygen atoms in total. The zero-order valence-corrected chi connectivity index (χ0v) is 23.0. The van der Waals surface area contributed by atoms with Crippen molar-refractivity contribution >= 4 is 46.6 Å². The lowest BCUT2D eigenvalue weighted by molar-refractivity contribution is -0.0688. The molecule has 3 atom stereocenters. The Kier molecular flexibility index (Phi) is 9.14. The predicted octanol–water partition coefficient (Wildman–Crippen LogP) is 4.62. The van der Waals surface area contributed by atoms with Crippen molar-refractivity contribution in [2.75, 3.05) is 32.0 Å². The third kappa shape index (κ3) is 6.81. The summed E-state index contributed by atoms with van der Waals surface area (Å²) < 4.78 is 57.9. The van der Waals surface area contributed by atoms with Crippen molar-refractivity contribution in [3.63, 3.8) is 0 Å². The molecule has 2 aromatic heterocycles. The van der Waals surface area contributed by atoms with Crippen LogP contribution in [0.15, 0.2) is 43.1 Å². The molecule has 0 aliphatic carbocycles. The van der Waals surface area contributed by atoms with Crippen molar-refractivity contribution in [1.82, 2.24) is 30.2 Å². The van der Waals surface area contributed by atoms with Crippen LogP contribution in [-0.2, 0) is 6.54 Å². The molecule has 0 saturated carbocycles. The van der Waals surface area contributed by atoms with Crippen LogP contribution in [0.1, 0.15) is 35.2 Å². The molecule has 4 rings (SSSR count). The molecule has 1 aromatic carbocycles. The number of alkyl halides is 4. The van der Waals surface area contributed by atoms with Gasteiger partial charge in [-0.05, 0) is 45.1 Å². The summed E-state index contributed by atoms with van der Waals surface area (Å²) in [5.41, 5.74) is -0.559. The van der Waals surface area contributed by atoms with Gasteiger partial charge in [-0.15, -0.1) is 5.10 Å². The number of nitrogens with one attached hydrogen (secondary N) is 2. The van der Waals surface area contributed by atoms with Gasteiger partial charge < -0.3 is 15.5 Å². The fourth-order valence-electron chi connectivity index (χ4n) is 4.50. The topological polar surface area (TPSA) is 88.0 Å². The van der Waals surface area contributed by atoms with Crippen LogP contribution in [0, 0.1) is 0 Å². The van der Waals surface area contributed by atoms with Gasteiger partial charge in [0.2, 0.25) is 0 Å². The number of hydrogen-bond acceptors (Lipinski definition) is 7. The molecule has 0 spiro atoms. The lowest BCUT2D eigenvalue weighted by Gasteiger charge is -2.25. The van der Waals surface area contributed by atoms with Crippen LogP contribution >= 0.6 is 12.6 Å². The molecule has 0 bridgehead atoms. The van der Waals surface area contributed by atoms with Crippen LogP contribution in [0.25, 0.3) is 22.4 Å². The van der Waals surface area contributed by atoms with Gasteiger partial charge in [0.05, 0.1) is 29.2 Å². The van der Waals surface area contributed by atoms with Gasteiger partial charge in [0.1, 0.15) is 6.17 Å². The van der Waals surface area contributed by atoms with Crippen LogP contribution in [0.4, 0.5) is 23.2 Å². The fraction of sp³-hybridized carbons (Fsp3) is 0.407. The first kappa shape index (κ1) is 29.5. The highest BCUT2D eigenvalue weighted by atomic mass is 32.1. The highest BCUT2D eigenvalue weighted by molar-refractivity contribution is 7.81. The van der Waals surface area contributed by atoms with Gasteiger partial charge >= 0.3 is 6.18 Å². The number of hydrogen-bond donors (Lipinski definition) is 3. The molecule has 3 aromatic rings. The van der Waals surface area contributed by atoms with Gasteiger partial charge in [-0.2, -0.15) is 25.8 Å². The van der Waals surface area contributed by atoms with Gasteiger partial charge in [0.15, 0.2) is 5.69 Å². The first-order valence-corrected chi connectivity index (χ1v) is 13.3. The highest BCUT2D eigenvalue weighted by Crippen LogP contribution is 2.37. The average Bonchev–Trinajstić information content (AvgIpc) is 3.37. The zero-order valence-electron chi connectivity index (χ0n) is 22.1. The van der Waals surface area contributed by atoms with Crippen molar-refractivity contribution in [2.24, 2.45) is 0 Å². The lowest BCUT2D eigenvalue weighted by Crippen LogP contribution is -2.37. The van der Waals surface area contributed by atoms with Crippen LogP contribution in [0.5, 0.6) is 0 Å². The molecule has 214 valence electrons. The largest absolute Gasteiger partial charge is 0.417 e. The van der Waals surface area contributed by atoms with Gasteiger partial charge in [-0.1, -0.05) is 30.0 Å². The number of thiol groups is 1. The first-order valence-electron chi connectivity index (χ1n) is 12.8. The van der Waals surface area contributed by atoms with Gasteiger partial charge in [0.25, 0.3) is 5.91 Å². The van der Waals surface area contributed by atoms with E-state index in [-0.39, 0.29) is 29.0 Å². The van der Waals surface area contributed by atoms with E-state index in [0.717, 1.165) is 0 Å². The van der Waals surface area contributed by atoms with Gasteiger partial charge in [-0.3, -0.25) is 9.48 Å². The standard InChI is InChI=1S/C27H31F4N7OS/c1-4-38-14-22(35-36-38)26(39)32-11-6-7-17-13-19-18(25(33-17)16(2)27(29,30)31)8-5-9-20(19)34-21-10-12-37(3)15-23(40)24(21)28/h5-9,13-14,21,23-24,34,40H,2,4,10-12,15H2,1,3H3,(H,32,39)/b7-6+/t21-,23-,24-/m1/s1. The molecule has 1 fully saturated rings. The number of benzene rings is 1. The number of carbonyl (C=O) groups excluding carboxylic acids is 1. The number of pyridine rings is 1. The first-order chi connectivity index (χ1) is 19.0. The summed E-state index contributed by atoms with van der Waals surface area (Å²) >= 11 is 4.42. The van der Waals surface area contributed by atoms with E-state index in [0.29, 0.717) is 37.1 Å². The number of halogens is 4. The second-order valence-corrected chi connectivity index (χ2v) is 10.3. The maximum atomic E-state index is 15.2. The van der Waals surface area contributed by atoms with Crippen molar-refractivity contribution < 1.29 is 22.4 Å². The second kappa shape index (κ2) is 12.4. The number of carbonyl (C=O) groups is 1. The number of amides is 1. The van der Waals surface area contributed by atoms with Crippen LogP contribution < -0.4 is 10.6 Å². The van der Waals surface area contributed by atoms with E-state index in [4.69, 9.17) is 0 Å². The Morgan fingerprint density at radius 1 is 1.30 bits per heavy atom. The minimum atomic E-state index is -4.70. The molecule has 1 aliphatic rings. The quantitative estimate of drug-likeness (QED) is 0.268. The second-order valence-electron chi connectivity index (χ2n) is 9.66. The Morgan fingerprint density at radius 2 is 2.08 bits per heavy atom. The Morgan fingerprint density at radius 3 is 2.77 bits per heavy atom. The molecule has 13 heteroatoms. The van der Waals surface area contributed by atoms with E-state index >= 15 is 4.39 Å². The summed E-state index contributed by atoms with van der Waals surface area (Å²) in [5.74, 6) is -0.439. The van der Waals surface area contributed by atoms with Crippen LogP contribution in [0.3, 0.4) is 0 Å². The highest BCUT2D eigenvalue weighted by Gasteiger charge is 2.35. The lowest BCUT2D eigenvalue weighted by atomic mass is 10.0. The monoisotopic (exact) mass is 577 g/mol. The number of nitrogens with zero attached hydrogens (tertiary/aromatic N) is 5. The molecule has 1 saturated heterocycles. The van der Waals surface area contributed by atoms with Crippen molar-refractivity contribution in [3.05, 3.63) is 60.2 Å². The summed E-state index contributed by atoms with van der Waals surface area (Å²) in [6, 6.07) is 5.89. The summed E-state index contributed by atoms with van der Waals surface area (Å²) in [5, 5.41) is 13.7. The van der Waals surface area contributed by atoms with E-state index in [1.165, 1.54) is 23.0 Å². The van der Waals surface area contributed by atoms with E-state index in [1.54, 1.807) is 24.3 Å². The minimum Gasteiger partial charge on any atom is -0.379 e. The number of aromatic nitrogens is 4. The van der Waals surface area contributed by atoms with E-state index in [1.807, 2.05) is 18.9 Å². The molecule has 0 unspecified atom stereocenters. The minimum absolute atomic E-state index is 0.0788. The Balaban J connectivity index is 1.64. The van der Waals surface area contributed by atoms with Crippen LogP contribution in [-0.4, -0.2) is 81.1 Å². The predicted molar refractivity (Wildman–Crippen MR) is 151 cm³/mol. The maximum absolute atomic E-state index is 15.2. The molecule has 1 amide bonds. The SMILES string of the molecule is C=C(c1nc(/C=C/CNC(=O)c2cn(CC)nn2)cc2c(N[C@@H]3CCN(C)C[C@@H](S)[C@@H]3F)cccc12)C(F)(F)F. The van der Waals surface area contributed by atoms with E-state index in [2.05, 4.69) is 45.1 Å². The van der Waals surface area contributed by atoms with Crippen molar-refractivity contribution in [1.29, 1.82) is 0 Å². The molecule has 3 heterocycles. The number of allylic oxidation sites excluding steroid dienone is 1. The summed E-state index contributed by atoms with van der Waals surface area (Å²) in [4.78, 5) is 18.5. The number of fused-ring (bicyclic) bond motifs is 1. The molecule has 0 radical (unpaired) electrons. The molecule has 40 heavy (non-hydrogen) atoms. The molecular formula is C27H31F4N7OS. The smallest absolute Gasteiger partial charge is 0.379 e. The summed E-state index contributed by atoms with van der Waals surface area (Å²) in [6.07, 6.45) is -0.887. The van der Waals surface area contributed by atoms with Crippen molar-refractivity contribution in [2.45, 2.75) is 43.5 Å². The number of rotatable bonds is 8. The van der Waals surface area contributed by atoms with Crippen molar-refractivity contribution in [3.8, 4) is 0 Å². The molecule has 2 N–H and O–H groups in total. The summed E-state index contributed by atoms with van der Waals surface area (Å²) in [6.45, 7) is 6.89.